The van der Waals surface area contributed by atoms with Crippen molar-refractivity contribution >= 4 is 23.8 Å². The fourth-order valence-electron chi connectivity index (χ4n) is 2.99. The summed E-state index contributed by atoms with van der Waals surface area (Å²) in [4.78, 5) is 47.4. The van der Waals surface area contributed by atoms with Crippen LogP contribution in [0.4, 0.5) is 8.78 Å². The zero-order chi connectivity index (χ0) is 25.3. The number of amides is 2. The number of hydrogen-bond acceptors (Lipinski definition) is 6. The second-order valence-corrected chi connectivity index (χ2v) is 7.36. The number of rotatable bonds is 11. The molecule has 0 saturated heterocycles. The average Bonchev–Trinajstić information content (AvgIpc) is 2.76. The SMILES string of the molecule is COC(=O)[C@H](Cc1ccc(OCC(=O)O)cc1)NC(=O)[C@H](C)NC(=O)Cc1cc(F)cc(F)c1. The molecule has 11 heteroatoms. The summed E-state index contributed by atoms with van der Waals surface area (Å²) < 4.78 is 36.3. The number of carboxylic acid groups (broad SMARTS) is 1. The predicted octanol–water partition coefficient (Wildman–Crippen LogP) is 1.38. The van der Waals surface area contributed by atoms with Gasteiger partial charge < -0.3 is 25.2 Å². The number of carboxylic acids is 1. The van der Waals surface area contributed by atoms with Crippen molar-refractivity contribution in [3.05, 3.63) is 65.2 Å². The van der Waals surface area contributed by atoms with Gasteiger partial charge in [0.05, 0.1) is 13.5 Å². The van der Waals surface area contributed by atoms with Crippen LogP contribution in [0.15, 0.2) is 42.5 Å². The molecule has 0 aromatic heterocycles. The van der Waals surface area contributed by atoms with Gasteiger partial charge in [-0.3, -0.25) is 9.59 Å². The van der Waals surface area contributed by atoms with E-state index in [0.717, 1.165) is 19.2 Å². The molecule has 0 aliphatic carbocycles. The molecule has 0 spiro atoms. The third-order valence-electron chi connectivity index (χ3n) is 4.59. The Balaban J connectivity index is 1.96. The Labute approximate surface area is 194 Å². The number of aliphatic carboxylic acids is 1. The monoisotopic (exact) mass is 478 g/mol. The van der Waals surface area contributed by atoms with E-state index in [1.165, 1.54) is 19.1 Å². The number of carbonyl (C=O) groups is 4. The minimum Gasteiger partial charge on any atom is -0.482 e. The van der Waals surface area contributed by atoms with Crippen molar-refractivity contribution in [3.8, 4) is 5.75 Å². The molecule has 0 saturated carbocycles. The minimum atomic E-state index is -1.12. The first-order chi connectivity index (χ1) is 16.1. The van der Waals surface area contributed by atoms with Crippen LogP contribution in [0, 0.1) is 11.6 Å². The number of methoxy groups -OCH3 is 1. The van der Waals surface area contributed by atoms with E-state index in [4.69, 9.17) is 14.6 Å². The molecule has 3 N–H and O–H groups in total. The Hall–Kier alpha value is -4.02. The van der Waals surface area contributed by atoms with E-state index < -0.39 is 54.1 Å². The van der Waals surface area contributed by atoms with Gasteiger partial charge in [-0.2, -0.15) is 0 Å². The molecule has 2 atom stereocenters. The highest BCUT2D eigenvalue weighted by atomic mass is 19.1. The smallest absolute Gasteiger partial charge is 0.341 e. The van der Waals surface area contributed by atoms with Gasteiger partial charge in [-0.15, -0.1) is 0 Å². The highest BCUT2D eigenvalue weighted by molar-refractivity contribution is 5.91. The van der Waals surface area contributed by atoms with Crippen LogP contribution in [0.2, 0.25) is 0 Å². The van der Waals surface area contributed by atoms with Crippen LogP contribution in [-0.2, 0) is 36.8 Å². The van der Waals surface area contributed by atoms with Crippen LogP contribution in [0.3, 0.4) is 0 Å². The number of benzene rings is 2. The Morgan fingerprint density at radius 2 is 1.59 bits per heavy atom. The van der Waals surface area contributed by atoms with Crippen LogP contribution >= 0.6 is 0 Å². The fraction of sp³-hybridized carbons (Fsp3) is 0.304. The lowest BCUT2D eigenvalue weighted by Gasteiger charge is -2.20. The van der Waals surface area contributed by atoms with E-state index >= 15 is 0 Å². The van der Waals surface area contributed by atoms with Crippen molar-refractivity contribution in [2.45, 2.75) is 31.8 Å². The lowest BCUT2D eigenvalue weighted by molar-refractivity contribution is -0.145. The van der Waals surface area contributed by atoms with Crippen molar-refractivity contribution in [1.82, 2.24) is 10.6 Å². The molecule has 0 fully saturated rings. The van der Waals surface area contributed by atoms with Gasteiger partial charge in [-0.25, -0.2) is 18.4 Å². The van der Waals surface area contributed by atoms with E-state index in [1.54, 1.807) is 12.1 Å². The molecule has 9 nitrogen and oxygen atoms in total. The van der Waals surface area contributed by atoms with Crippen LogP contribution in [0.5, 0.6) is 5.75 Å². The Morgan fingerprint density at radius 1 is 0.971 bits per heavy atom. The topological polar surface area (TPSA) is 131 Å². The van der Waals surface area contributed by atoms with Gasteiger partial charge in [0, 0.05) is 12.5 Å². The summed E-state index contributed by atoms with van der Waals surface area (Å²) in [7, 11) is 1.16. The maximum absolute atomic E-state index is 13.3. The molecular formula is C23H24F2N2O7. The Bertz CT molecular complexity index is 1020. The van der Waals surface area contributed by atoms with Crippen LogP contribution < -0.4 is 15.4 Å². The quantitative estimate of drug-likeness (QED) is 0.416. The van der Waals surface area contributed by atoms with Crippen LogP contribution in [0.1, 0.15) is 18.1 Å². The normalized spacial score (nSPS) is 12.2. The predicted molar refractivity (Wildman–Crippen MR) is 115 cm³/mol. The molecule has 2 amide bonds. The Kier molecular flexibility index (Phi) is 9.48. The minimum absolute atomic E-state index is 0.0564. The number of halogens is 2. The molecule has 2 rings (SSSR count). The first-order valence-electron chi connectivity index (χ1n) is 10.1. The molecule has 2 aromatic rings. The second-order valence-electron chi connectivity index (χ2n) is 7.36. The number of nitrogens with one attached hydrogen (secondary N) is 2. The van der Waals surface area contributed by atoms with Crippen molar-refractivity contribution in [2.24, 2.45) is 0 Å². The van der Waals surface area contributed by atoms with Gasteiger partial charge in [0.2, 0.25) is 11.8 Å². The summed E-state index contributed by atoms with van der Waals surface area (Å²) in [5, 5.41) is 13.6. The van der Waals surface area contributed by atoms with E-state index in [9.17, 15) is 28.0 Å². The van der Waals surface area contributed by atoms with Gasteiger partial charge in [0.25, 0.3) is 0 Å². The highest BCUT2D eigenvalue weighted by Gasteiger charge is 2.25. The van der Waals surface area contributed by atoms with Gasteiger partial charge in [0.1, 0.15) is 29.5 Å². The summed E-state index contributed by atoms with van der Waals surface area (Å²) in [5.41, 5.74) is 0.731. The maximum atomic E-state index is 13.3. The van der Waals surface area contributed by atoms with Gasteiger partial charge >= 0.3 is 11.9 Å². The summed E-state index contributed by atoms with van der Waals surface area (Å²) in [6.07, 6.45) is -0.288. The molecule has 0 unspecified atom stereocenters. The standard InChI is InChI=1S/C23H24F2N2O7/c1-13(26-20(28)10-15-7-16(24)11-17(25)8-15)22(31)27-19(23(32)33-2)9-14-3-5-18(6-4-14)34-12-21(29)30/h3-8,11,13,19H,9-10,12H2,1-2H3,(H,26,28)(H,27,31)(H,29,30)/t13-,19-/m0/s1. The zero-order valence-electron chi connectivity index (χ0n) is 18.5. The Morgan fingerprint density at radius 3 is 2.15 bits per heavy atom. The maximum Gasteiger partial charge on any atom is 0.341 e. The highest BCUT2D eigenvalue weighted by Crippen LogP contribution is 2.14. The molecule has 0 radical (unpaired) electrons. The first-order valence-corrected chi connectivity index (χ1v) is 10.1. The van der Waals surface area contributed by atoms with E-state index in [-0.39, 0.29) is 18.4 Å². The van der Waals surface area contributed by atoms with Crippen molar-refractivity contribution in [1.29, 1.82) is 0 Å². The average molecular weight is 478 g/mol. The first kappa shape index (κ1) is 26.2. The van der Waals surface area contributed by atoms with E-state index in [2.05, 4.69) is 10.6 Å². The number of hydrogen-bond donors (Lipinski definition) is 3. The summed E-state index contributed by atoms with van der Waals surface area (Å²) in [5.74, 6) is -4.48. The molecule has 0 aliphatic heterocycles. The van der Waals surface area contributed by atoms with Crippen LogP contribution in [0.25, 0.3) is 0 Å². The third kappa shape index (κ3) is 8.49. The van der Waals surface area contributed by atoms with Crippen molar-refractivity contribution in [3.63, 3.8) is 0 Å². The lowest BCUT2D eigenvalue weighted by atomic mass is 10.1. The summed E-state index contributed by atoms with van der Waals surface area (Å²) in [6.45, 7) is 0.889. The molecule has 2 aromatic carbocycles. The molecule has 0 aliphatic rings. The zero-order valence-corrected chi connectivity index (χ0v) is 18.5. The van der Waals surface area contributed by atoms with Crippen molar-refractivity contribution in [2.75, 3.05) is 13.7 Å². The van der Waals surface area contributed by atoms with E-state index in [1.807, 2.05) is 0 Å². The lowest BCUT2D eigenvalue weighted by Crippen LogP contribution is -2.51. The second kappa shape index (κ2) is 12.3. The molecule has 0 heterocycles. The van der Waals surface area contributed by atoms with E-state index in [0.29, 0.717) is 17.4 Å². The molecular weight excluding hydrogens is 454 g/mol. The third-order valence-corrected chi connectivity index (χ3v) is 4.59. The van der Waals surface area contributed by atoms with Gasteiger partial charge in [-0.05, 0) is 42.3 Å². The number of ether oxygens (including phenoxy) is 2. The summed E-state index contributed by atoms with van der Waals surface area (Å²) in [6, 6.07) is 6.83. The number of esters is 1. The molecule has 34 heavy (non-hydrogen) atoms. The van der Waals surface area contributed by atoms with Gasteiger partial charge in [0.15, 0.2) is 6.61 Å². The number of carbonyl (C=O) groups excluding carboxylic acids is 3. The fourth-order valence-corrected chi connectivity index (χ4v) is 2.99. The van der Waals surface area contributed by atoms with Crippen molar-refractivity contribution < 1.29 is 42.5 Å². The van der Waals surface area contributed by atoms with Crippen LogP contribution in [-0.4, -0.2) is 54.7 Å². The summed E-state index contributed by atoms with van der Waals surface area (Å²) >= 11 is 0. The van der Waals surface area contributed by atoms with Gasteiger partial charge in [-0.1, -0.05) is 12.1 Å². The molecule has 182 valence electrons. The molecule has 0 bridgehead atoms. The largest absolute Gasteiger partial charge is 0.482 e.